The molecule has 4 aromatic rings. The maximum atomic E-state index is 12.3. The van der Waals surface area contributed by atoms with Gasteiger partial charge in [-0.3, -0.25) is 29.5 Å². The molecule has 59 heavy (non-hydrogen) atoms. The zero-order chi connectivity index (χ0) is 42.2. The summed E-state index contributed by atoms with van der Waals surface area (Å²) in [7, 11) is 0. The Labute approximate surface area is 354 Å². The second-order valence-corrected chi connectivity index (χ2v) is 15.2. The summed E-state index contributed by atoms with van der Waals surface area (Å²) in [5, 5.41) is 6.11. The van der Waals surface area contributed by atoms with Crippen LogP contribution in [0.15, 0.2) is 135 Å². The summed E-state index contributed by atoms with van der Waals surface area (Å²) in [5.41, 5.74) is 7.18. The van der Waals surface area contributed by atoms with Crippen LogP contribution in [0, 0.1) is 0 Å². The van der Waals surface area contributed by atoms with E-state index in [-0.39, 0.29) is 23.9 Å². The highest BCUT2D eigenvalue weighted by atomic mass is 16.2. The van der Waals surface area contributed by atoms with Crippen molar-refractivity contribution < 1.29 is 9.59 Å². The molecule has 0 aromatic carbocycles. The van der Waals surface area contributed by atoms with E-state index in [0.717, 1.165) is 75.3 Å². The molecule has 0 spiro atoms. The van der Waals surface area contributed by atoms with Gasteiger partial charge in [0.2, 0.25) is 11.8 Å². The highest BCUT2D eigenvalue weighted by Crippen LogP contribution is 2.22. The molecule has 0 fully saturated rings. The Hall–Kier alpha value is -5.50. The summed E-state index contributed by atoms with van der Waals surface area (Å²) in [6.45, 7) is 8.53. The maximum absolute atomic E-state index is 12.3. The van der Waals surface area contributed by atoms with E-state index < -0.39 is 0 Å². The number of hydrogen-bond acceptors (Lipinski definition) is 6. The normalized spacial score (nSPS) is 12.8. The lowest BCUT2D eigenvalue weighted by molar-refractivity contribution is -0.117. The Morgan fingerprint density at radius 3 is 1.34 bits per heavy atom. The van der Waals surface area contributed by atoms with Crippen LogP contribution in [0.3, 0.4) is 0 Å². The van der Waals surface area contributed by atoms with Crippen LogP contribution in [-0.2, 0) is 22.4 Å². The number of aromatic nitrogens is 4. The Balaban J connectivity index is 0.000000316. The highest BCUT2D eigenvalue weighted by molar-refractivity contribution is 5.88. The minimum Gasteiger partial charge on any atom is -0.350 e. The minimum absolute atomic E-state index is 0.0448. The third-order valence-electron chi connectivity index (χ3n) is 9.93. The molecule has 2 amide bonds. The average Bonchev–Trinajstić information content (AvgIpc) is 3.25. The van der Waals surface area contributed by atoms with Crippen LogP contribution < -0.4 is 10.6 Å². The van der Waals surface area contributed by atoms with Crippen molar-refractivity contribution >= 4 is 23.0 Å². The van der Waals surface area contributed by atoms with Crippen molar-refractivity contribution in [3.63, 3.8) is 0 Å². The van der Waals surface area contributed by atoms with Gasteiger partial charge in [0.05, 0.1) is 0 Å². The second kappa shape index (κ2) is 30.6. The van der Waals surface area contributed by atoms with E-state index in [4.69, 9.17) is 0 Å². The van der Waals surface area contributed by atoms with Gasteiger partial charge in [0, 0.05) is 73.8 Å². The summed E-state index contributed by atoms with van der Waals surface area (Å²) >= 11 is 0. The summed E-state index contributed by atoms with van der Waals surface area (Å²) in [5.74, 6) is -0.0918. The van der Waals surface area contributed by atoms with Gasteiger partial charge in [0.15, 0.2) is 0 Å². The molecule has 4 aromatic heterocycles. The Bertz CT molecular complexity index is 1830. The molecule has 4 heterocycles. The number of aryl methyl sites for hydroxylation is 2. The van der Waals surface area contributed by atoms with Gasteiger partial charge in [-0.2, -0.15) is 0 Å². The van der Waals surface area contributed by atoms with Crippen molar-refractivity contribution in [2.24, 2.45) is 0 Å². The van der Waals surface area contributed by atoms with Gasteiger partial charge >= 0.3 is 0 Å². The molecule has 0 radical (unpaired) electrons. The molecule has 0 bridgehead atoms. The first-order valence-corrected chi connectivity index (χ1v) is 21.8. The fraction of sp³-hybridized carbons (Fsp3) is 0.412. The van der Waals surface area contributed by atoms with E-state index in [0.29, 0.717) is 0 Å². The van der Waals surface area contributed by atoms with E-state index in [1.54, 1.807) is 36.9 Å². The fourth-order valence-corrected chi connectivity index (χ4v) is 6.61. The van der Waals surface area contributed by atoms with Gasteiger partial charge in [-0.05, 0) is 136 Å². The largest absolute Gasteiger partial charge is 0.350 e. The number of unbranched alkanes of at least 4 members (excludes halogenated alkanes) is 5. The van der Waals surface area contributed by atoms with Crippen LogP contribution in [0.2, 0.25) is 0 Å². The van der Waals surface area contributed by atoms with E-state index in [9.17, 15) is 9.59 Å². The van der Waals surface area contributed by atoms with Crippen molar-refractivity contribution in [1.29, 1.82) is 0 Å². The smallest absolute Gasteiger partial charge is 0.244 e. The molecule has 2 atom stereocenters. The molecule has 4 rings (SSSR count). The van der Waals surface area contributed by atoms with Crippen LogP contribution in [0.4, 0.5) is 0 Å². The lowest BCUT2D eigenvalue weighted by Gasteiger charge is -2.12. The van der Waals surface area contributed by atoms with Crippen LogP contribution in [0.5, 0.6) is 0 Å². The first-order chi connectivity index (χ1) is 28.9. The molecule has 8 heteroatoms. The zero-order valence-corrected chi connectivity index (χ0v) is 36.1. The molecule has 0 unspecified atom stereocenters. The van der Waals surface area contributed by atoms with Crippen LogP contribution >= 0.6 is 0 Å². The van der Waals surface area contributed by atoms with Gasteiger partial charge in [-0.1, -0.05) is 94.5 Å². The van der Waals surface area contributed by atoms with Gasteiger partial charge in [-0.25, -0.2) is 0 Å². The van der Waals surface area contributed by atoms with Crippen molar-refractivity contribution in [3.05, 3.63) is 157 Å². The second-order valence-electron chi connectivity index (χ2n) is 15.2. The fourth-order valence-electron chi connectivity index (χ4n) is 6.61. The number of allylic oxidation sites excluding steroid dienone is 6. The van der Waals surface area contributed by atoms with E-state index in [1.807, 2.05) is 67.3 Å². The third-order valence-corrected chi connectivity index (χ3v) is 9.93. The number of nitrogens with one attached hydrogen (secondary N) is 2. The Morgan fingerprint density at radius 2 is 0.949 bits per heavy atom. The quantitative estimate of drug-likeness (QED) is 0.0393. The molecule has 2 N–H and O–H groups in total. The number of pyridine rings is 4. The summed E-state index contributed by atoms with van der Waals surface area (Å²) in [6.07, 6.45) is 42.1. The molecule has 0 saturated heterocycles. The molecule has 0 aliphatic heterocycles. The van der Waals surface area contributed by atoms with Crippen molar-refractivity contribution in [2.75, 3.05) is 0 Å². The van der Waals surface area contributed by atoms with E-state index in [1.165, 1.54) is 54.4 Å². The third kappa shape index (κ3) is 22.3. The van der Waals surface area contributed by atoms with Crippen LogP contribution in [0.25, 0.3) is 11.1 Å². The maximum Gasteiger partial charge on any atom is 0.244 e. The number of amides is 2. The number of hydrogen-bond donors (Lipinski definition) is 2. The van der Waals surface area contributed by atoms with Crippen molar-refractivity contribution in [1.82, 2.24) is 30.6 Å². The van der Waals surface area contributed by atoms with Crippen molar-refractivity contribution in [3.8, 4) is 0 Å². The van der Waals surface area contributed by atoms with E-state index in [2.05, 4.69) is 88.6 Å². The molecule has 0 aliphatic rings. The number of carbonyl (C=O) groups excluding carboxylic acids is 2. The predicted molar refractivity (Wildman–Crippen MR) is 245 cm³/mol. The van der Waals surface area contributed by atoms with E-state index >= 15 is 0 Å². The summed E-state index contributed by atoms with van der Waals surface area (Å²) in [4.78, 5) is 41.2. The summed E-state index contributed by atoms with van der Waals surface area (Å²) < 4.78 is 0. The first kappa shape index (κ1) is 47.9. The molecule has 0 saturated carbocycles. The van der Waals surface area contributed by atoms with Gasteiger partial charge < -0.3 is 10.6 Å². The topological polar surface area (TPSA) is 110 Å². The van der Waals surface area contributed by atoms with Crippen LogP contribution in [-0.4, -0.2) is 43.8 Å². The zero-order valence-electron chi connectivity index (χ0n) is 36.1. The molecule has 314 valence electrons. The highest BCUT2D eigenvalue weighted by Gasteiger charge is 2.07. The summed E-state index contributed by atoms with van der Waals surface area (Å²) in [6, 6.07) is 16.5. The number of carbonyl (C=O) groups is 2. The molecular formula is C51H68N6O2. The SMILES string of the molecule is CCCCCC(=CC=CC(=O)N[C@H](C)CCCc1cccnc1)c1cccnc1.CCCCCC/C(=C/C=C/C(=O)N[C@H](C)CCCc1cccnc1)c1cccnc1. The average molecular weight is 797 g/mol. The Kier molecular flexibility index (Phi) is 24.8. The standard InChI is InChI=1S/C26H35N3O.C25H33N3O/c1-3-4-5-6-14-24(25-16-10-19-28-21-25)15-8-17-26(30)29-22(2)11-7-12-23-13-9-18-27-20-23;1-3-4-5-13-23(24-15-9-18-27-20-24)14-7-16-25(29)28-21(2)10-6-11-22-12-8-17-26-19-22/h8-10,13,15-22H,3-7,11-12,14H2,1-2H3,(H,29,30);7-9,12,14-21H,3-6,10-11,13H2,1-2H3,(H,28,29)/b17-8+,24-15-;/t22-;21-/m11/s1. The van der Waals surface area contributed by atoms with Gasteiger partial charge in [0.1, 0.15) is 0 Å². The monoisotopic (exact) mass is 797 g/mol. The van der Waals surface area contributed by atoms with Gasteiger partial charge in [-0.15, -0.1) is 0 Å². The first-order valence-electron chi connectivity index (χ1n) is 21.8. The molecular weight excluding hydrogens is 729 g/mol. The van der Waals surface area contributed by atoms with Crippen LogP contribution in [0.1, 0.15) is 133 Å². The molecule has 0 aliphatic carbocycles. The van der Waals surface area contributed by atoms with Gasteiger partial charge in [0.25, 0.3) is 0 Å². The lowest BCUT2D eigenvalue weighted by Crippen LogP contribution is -2.31. The number of nitrogens with zero attached hydrogens (tertiary/aromatic N) is 4. The lowest BCUT2D eigenvalue weighted by atomic mass is 10.00. The molecule has 8 nitrogen and oxygen atoms in total. The van der Waals surface area contributed by atoms with Crippen molar-refractivity contribution in [2.45, 2.75) is 136 Å². The minimum atomic E-state index is -0.0470. The number of rotatable bonds is 25. The predicted octanol–water partition coefficient (Wildman–Crippen LogP) is 11.4. The Morgan fingerprint density at radius 1 is 0.542 bits per heavy atom.